The minimum absolute atomic E-state index is 0.00606. The van der Waals surface area contributed by atoms with Gasteiger partial charge in [-0.25, -0.2) is 4.79 Å². The Labute approximate surface area is 72.6 Å². The number of carbonyl (C=O) groups excluding carboxylic acids is 1. The van der Waals surface area contributed by atoms with E-state index in [9.17, 15) is 4.79 Å². The number of urea groups is 1. The van der Waals surface area contributed by atoms with Crippen molar-refractivity contribution in [3.8, 4) is 0 Å². The van der Waals surface area contributed by atoms with Gasteiger partial charge >= 0.3 is 6.03 Å². The van der Waals surface area contributed by atoms with Crippen LogP contribution in [0.25, 0.3) is 0 Å². The molecule has 1 heterocycles. The molecular formula is C8H16N2O2. The van der Waals surface area contributed by atoms with Crippen LogP contribution in [0.3, 0.4) is 0 Å². The van der Waals surface area contributed by atoms with E-state index >= 15 is 0 Å². The Morgan fingerprint density at radius 3 is 3.00 bits per heavy atom. The zero-order valence-electron chi connectivity index (χ0n) is 7.42. The third kappa shape index (κ3) is 2.11. The SMILES string of the molecule is CCNC(=O)N1CC[C@@H](CO)C1. The van der Waals surface area contributed by atoms with Crippen LogP contribution in [0.15, 0.2) is 0 Å². The van der Waals surface area contributed by atoms with E-state index in [4.69, 9.17) is 5.11 Å². The number of carbonyl (C=O) groups is 1. The molecule has 0 unspecified atom stereocenters. The normalized spacial score (nSPS) is 22.8. The lowest BCUT2D eigenvalue weighted by atomic mass is 10.1. The van der Waals surface area contributed by atoms with Crippen molar-refractivity contribution in [1.82, 2.24) is 10.2 Å². The second-order valence-electron chi connectivity index (χ2n) is 3.12. The summed E-state index contributed by atoms with van der Waals surface area (Å²) in [7, 11) is 0. The zero-order valence-corrected chi connectivity index (χ0v) is 7.42. The predicted octanol–water partition coefficient (Wildman–Crippen LogP) is 0.0301. The smallest absolute Gasteiger partial charge is 0.317 e. The molecule has 0 aromatic heterocycles. The summed E-state index contributed by atoms with van der Waals surface area (Å²) in [6.45, 7) is 4.23. The fourth-order valence-electron chi connectivity index (χ4n) is 1.43. The van der Waals surface area contributed by atoms with Gasteiger partial charge in [0, 0.05) is 32.2 Å². The Kier molecular flexibility index (Phi) is 3.34. The average Bonchev–Trinajstić information content (AvgIpc) is 2.52. The van der Waals surface area contributed by atoms with Crippen LogP contribution in [0.5, 0.6) is 0 Å². The molecule has 2 N–H and O–H groups in total. The van der Waals surface area contributed by atoms with E-state index in [0.717, 1.165) is 13.0 Å². The highest BCUT2D eigenvalue weighted by molar-refractivity contribution is 5.74. The fourth-order valence-corrected chi connectivity index (χ4v) is 1.43. The Bertz CT molecular complexity index is 161. The number of aliphatic hydroxyl groups is 1. The fraction of sp³-hybridized carbons (Fsp3) is 0.875. The van der Waals surface area contributed by atoms with Crippen molar-refractivity contribution in [3.63, 3.8) is 0 Å². The molecule has 0 aromatic rings. The summed E-state index contributed by atoms with van der Waals surface area (Å²) in [4.78, 5) is 13.0. The van der Waals surface area contributed by atoms with Gasteiger partial charge in [0.2, 0.25) is 0 Å². The first-order valence-corrected chi connectivity index (χ1v) is 4.41. The van der Waals surface area contributed by atoms with E-state index < -0.39 is 0 Å². The van der Waals surface area contributed by atoms with Crippen LogP contribution in [-0.2, 0) is 0 Å². The Balaban J connectivity index is 2.31. The molecule has 1 aliphatic rings. The summed E-state index contributed by atoms with van der Waals surface area (Å²) >= 11 is 0. The summed E-state index contributed by atoms with van der Waals surface area (Å²) in [6, 6.07) is -0.00606. The molecule has 1 atom stereocenters. The standard InChI is InChI=1S/C8H16N2O2/c1-2-9-8(12)10-4-3-7(5-10)6-11/h7,11H,2-6H2,1H3,(H,9,12)/t7-/m1/s1. The first kappa shape index (κ1) is 9.32. The lowest BCUT2D eigenvalue weighted by molar-refractivity contribution is 0.199. The molecule has 0 aromatic carbocycles. The lowest BCUT2D eigenvalue weighted by Gasteiger charge is -2.15. The van der Waals surface area contributed by atoms with Crippen LogP contribution < -0.4 is 5.32 Å². The van der Waals surface area contributed by atoms with E-state index in [1.165, 1.54) is 0 Å². The first-order chi connectivity index (χ1) is 5.77. The van der Waals surface area contributed by atoms with Crippen LogP contribution in [0.1, 0.15) is 13.3 Å². The van der Waals surface area contributed by atoms with Crippen LogP contribution in [0.4, 0.5) is 4.79 Å². The monoisotopic (exact) mass is 172 g/mol. The lowest BCUT2D eigenvalue weighted by Crippen LogP contribution is -2.38. The molecule has 4 nitrogen and oxygen atoms in total. The number of hydrogen-bond acceptors (Lipinski definition) is 2. The molecule has 0 radical (unpaired) electrons. The van der Waals surface area contributed by atoms with E-state index in [1.807, 2.05) is 6.92 Å². The molecule has 1 rings (SSSR count). The minimum atomic E-state index is -0.00606. The topological polar surface area (TPSA) is 52.6 Å². The third-order valence-electron chi connectivity index (χ3n) is 2.16. The highest BCUT2D eigenvalue weighted by atomic mass is 16.3. The highest BCUT2D eigenvalue weighted by Crippen LogP contribution is 2.14. The predicted molar refractivity (Wildman–Crippen MR) is 45.8 cm³/mol. The van der Waals surface area contributed by atoms with Gasteiger partial charge in [0.15, 0.2) is 0 Å². The van der Waals surface area contributed by atoms with Crippen molar-refractivity contribution in [1.29, 1.82) is 0 Å². The summed E-state index contributed by atoms with van der Waals surface area (Å²) in [6.07, 6.45) is 0.924. The number of rotatable bonds is 2. The van der Waals surface area contributed by atoms with Gasteiger partial charge in [-0.1, -0.05) is 0 Å². The number of amides is 2. The summed E-state index contributed by atoms with van der Waals surface area (Å²) in [5.41, 5.74) is 0. The van der Waals surface area contributed by atoms with Gasteiger partial charge in [0.25, 0.3) is 0 Å². The molecule has 0 spiro atoms. The maximum atomic E-state index is 11.2. The van der Waals surface area contributed by atoms with Crippen LogP contribution in [0, 0.1) is 5.92 Å². The van der Waals surface area contributed by atoms with Crippen LogP contribution in [-0.4, -0.2) is 42.3 Å². The molecule has 0 aliphatic carbocycles. The third-order valence-corrected chi connectivity index (χ3v) is 2.16. The molecule has 4 heteroatoms. The molecule has 12 heavy (non-hydrogen) atoms. The Morgan fingerprint density at radius 1 is 1.75 bits per heavy atom. The van der Waals surface area contributed by atoms with Gasteiger partial charge in [-0.2, -0.15) is 0 Å². The van der Waals surface area contributed by atoms with Gasteiger partial charge < -0.3 is 15.3 Å². The number of nitrogens with one attached hydrogen (secondary N) is 1. The maximum Gasteiger partial charge on any atom is 0.317 e. The van der Waals surface area contributed by atoms with Crippen molar-refractivity contribution >= 4 is 6.03 Å². The summed E-state index contributed by atoms with van der Waals surface area (Å²) in [5.74, 6) is 0.285. The quantitative estimate of drug-likeness (QED) is 0.617. The largest absolute Gasteiger partial charge is 0.396 e. The maximum absolute atomic E-state index is 11.2. The van der Waals surface area contributed by atoms with Gasteiger partial charge in [-0.05, 0) is 13.3 Å². The molecule has 2 amide bonds. The highest BCUT2D eigenvalue weighted by Gasteiger charge is 2.24. The minimum Gasteiger partial charge on any atom is -0.396 e. The number of hydrogen-bond donors (Lipinski definition) is 2. The van der Waals surface area contributed by atoms with Crippen LogP contribution >= 0.6 is 0 Å². The van der Waals surface area contributed by atoms with Gasteiger partial charge in [-0.15, -0.1) is 0 Å². The Hall–Kier alpha value is -0.770. The molecule has 0 saturated carbocycles. The number of aliphatic hydroxyl groups excluding tert-OH is 1. The first-order valence-electron chi connectivity index (χ1n) is 4.41. The molecule has 1 aliphatic heterocycles. The van der Waals surface area contributed by atoms with Crippen molar-refractivity contribution in [2.24, 2.45) is 5.92 Å². The summed E-state index contributed by atoms with van der Waals surface area (Å²) in [5, 5.41) is 11.6. The summed E-state index contributed by atoms with van der Waals surface area (Å²) < 4.78 is 0. The number of nitrogens with zero attached hydrogens (tertiary/aromatic N) is 1. The van der Waals surface area contributed by atoms with Gasteiger partial charge in [0.05, 0.1) is 0 Å². The van der Waals surface area contributed by atoms with Crippen LogP contribution in [0.2, 0.25) is 0 Å². The van der Waals surface area contributed by atoms with Crippen molar-refractivity contribution in [3.05, 3.63) is 0 Å². The van der Waals surface area contributed by atoms with Crippen molar-refractivity contribution in [2.45, 2.75) is 13.3 Å². The van der Waals surface area contributed by atoms with Gasteiger partial charge in [0.1, 0.15) is 0 Å². The van der Waals surface area contributed by atoms with E-state index in [0.29, 0.717) is 13.1 Å². The molecular weight excluding hydrogens is 156 g/mol. The molecule has 0 bridgehead atoms. The van der Waals surface area contributed by atoms with Crippen molar-refractivity contribution in [2.75, 3.05) is 26.2 Å². The van der Waals surface area contributed by atoms with E-state index in [2.05, 4.69) is 5.32 Å². The second kappa shape index (κ2) is 4.30. The zero-order chi connectivity index (χ0) is 8.97. The second-order valence-corrected chi connectivity index (χ2v) is 3.12. The average molecular weight is 172 g/mol. The van der Waals surface area contributed by atoms with E-state index in [-0.39, 0.29) is 18.6 Å². The Morgan fingerprint density at radius 2 is 2.50 bits per heavy atom. The van der Waals surface area contributed by atoms with Crippen molar-refractivity contribution < 1.29 is 9.90 Å². The van der Waals surface area contributed by atoms with E-state index in [1.54, 1.807) is 4.90 Å². The molecule has 1 saturated heterocycles. The number of likely N-dealkylation sites (tertiary alicyclic amines) is 1. The molecule has 1 fully saturated rings. The molecule has 70 valence electrons. The van der Waals surface area contributed by atoms with Gasteiger partial charge in [-0.3, -0.25) is 0 Å².